The molecule has 0 unspecified atom stereocenters. The molecule has 3 rings (SSSR count). The third-order valence-corrected chi connectivity index (χ3v) is 7.01. The smallest absolute Gasteiger partial charge is 0.270 e. The Morgan fingerprint density at radius 3 is 2.19 bits per heavy atom. The first-order valence-electron chi connectivity index (χ1n) is 9.64. The lowest BCUT2D eigenvalue weighted by molar-refractivity contribution is -0.384. The summed E-state index contributed by atoms with van der Waals surface area (Å²) in [6, 6.07) is 8.80. The average molecular weight is 460 g/mol. The molecule has 0 spiro atoms. The van der Waals surface area contributed by atoms with E-state index in [9.17, 15) is 32.9 Å². The topological polar surface area (TPSA) is 147 Å². The molecule has 0 radical (unpaired) electrons. The number of non-ortho nitro benzene ring substituents is 1. The second-order valence-corrected chi connectivity index (χ2v) is 8.78. The van der Waals surface area contributed by atoms with E-state index in [4.69, 9.17) is 0 Å². The van der Waals surface area contributed by atoms with E-state index in [1.54, 1.807) is 13.8 Å². The fourth-order valence-electron chi connectivity index (χ4n) is 3.30. The first kappa shape index (κ1) is 23.0. The predicted molar refractivity (Wildman–Crippen MR) is 114 cm³/mol. The van der Waals surface area contributed by atoms with Crippen LogP contribution in [0.3, 0.4) is 0 Å². The zero-order valence-corrected chi connectivity index (χ0v) is 18.1. The molecule has 0 bridgehead atoms. The largest absolute Gasteiger partial charge is 0.325 e. The van der Waals surface area contributed by atoms with Gasteiger partial charge < -0.3 is 5.32 Å². The molecule has 0 atom stereocenters. The second-order valence-electron chi connectivity index (χ2n) is 6.85. The van der Waals surface area contributed by atoms with Crippen LogP contribution in [0.2, 0.25) is 0 Å². The number of hydrogen-bond acceptors (Lipinski definition) is 7. The summed E-state index contributed by atoms with van der Waals surface area (Å²) < 4.78 is 26.3. The van der Waals surface area contributed by atoms with Gasteiger partial charge in [0, 0.05) is 30.9 Å². The third kappa shape index (κ3) is 4.22. The summed E-state index contributed by atoms with van der Waals surface area (Å²) in [6.45, 7) is 3.50. The zero-order valence-electron chi connectivity index (χ0n) is 17.3. The quantitative estimate of drug-likeness (QED) is 0.359. The van der Waals surface area contributed by atoms with Gasteiger partial charge in [0.2, 0.25) is 15.9 Å². The number of nitrogens with one attached hydrogen (secondary N) is 1. The Balaban J connectivity index is 1.70. The summed E-state index contributed by atoms with van der Waals surface area (Å²) in [5.74, 6) is -2.21. The summed E-state index contributed by atoms with van der Waals surface area (Å²) in [7, 11) is -3.64. The normalized spacial score (nSPS) is 13.4. The Kier molecular flexibility index (Phi) is 6.37. The highest BCUT2D eigenvalue weighted by Crippen LogP contribution is 2.27. The van der Waals surface area contributed by atoms with E-state index in [0.717, 1.165) is 12.1 Å². The molecule has 1 aliphatic heterocycles. The van der Waals surface area contributed by atoms with Crippen LogP contribution in [0.15, 0.2) is 47.4 Å². The maximum absolute atomic E-state index is 12.5. The van der Waals surface area contributed by atoms with Gasteiger partial charge in [0.05, 0.1) is 20.9 Å². The number of benzene rings is 2. The number of sulfonamides is 1. The van der Waals surface area contributed by atoms with Crippen molar-refractivity contribution in [2.45, 2.75) is 18.7 Å². The number of amides is 3. The highest BCUT2D eigenvalue weighted by atomic mass is 32.2. The first-order valence-corrected chi connectivity index (χ1v) is 11.1. The maximum Gasteiger partial charge on any atom is 0.270 e. The van der Waals surface area contributed by atoms with E-state index < -0.39 is 39.2 Å². The number of hydrogen-bond donors (Lipinski definition) is 1. The van der Waals surface area contributed by atoms with E-state index in [1.165, 1.54) is 34.6 Å². The molecule has 11 nitrogen and oxygen atoms in total. The minimum absolute atomic E-state index is 0.0145. The second kappa shape index (κ2) is 8.85. The van der Waals surface area contributed by atoms with Gasteiger partial charge in [-0.3, -0.25) is 29.4 Å². The lowest BCUT2D eigenvalue weighted by Crippen LogP contribution is -2.37. The van der Waals surface area contributed by atoms with Gasteiger partial charge in [-0.1, -0.05) is 13.8 Å². The Morgan fingerprint density at radius 2 is 1.62 bits per heavy atom. The number of nitro groups is 1. The summed E-state index contributed by atoms with van der Waals surface area (Å²) in [5, 5.41) is 13.4. The molecule has 0 fully saturated rings. The van der Waals surface area contributed by atoms with Crippen molar-refractivity contribution in [1.29, 1.82) is 0 Å². The van der Waals surface area contributed by atoms with Crippen molar-refractivity contribution in [3.05, 3.63) is 63.7 Å². The minimum atomic E-state index is -3.64. The predicted octanol–water partition coefficient (Wildman–Crippen LogP) is 1.86. The van der Waals surface area contributed by atoms with E-state index in [2.05, 4.69) is 5.32 Å². The number of carbonyl (C=O) groups is 3. The Morgan fingerprint density at radius 1 is 1.03 bits per heavy atom. The molecule has 0 aromatic heterocycles. The number of carbonyl (C=O) groups excluding carboxylic acids is 3. The number of nitro benzene ring substituents is 1. The van der Waals surface area contributed by atoms with Gasteiger partial charge in [0.15, 0.2) is 0 Å². The fourth-order valence-corrected chi connectivity index (χ4v) is 4.76. The summed E-state index contributed by atoms with van der Waals surface area (Å²) in [4.78, 5) is 48.3. The van der Waals surface area contributed by atoms with E-state index >= 15 is 0 Å². The SMILES string of the molecule is CCN(CC)S(=O)(=O)c1ccc(NC(=O)CN2C(=O)c3ccc([N+](=O)[O-])cc3C2=O)cc1. The lowest BCUT2D eigenvalue weighted by Gasteiger charge is -2.18. The number of anilines is 1. The van der Waals surface area contributed by atoms with Crippen molar-refractivity contribution >= 4 is 39.1 Å². The molecule has 168 valence electrons. The molecule has 2 aromatic carbocycles. The zero-order chi connectivity index (χ0) is 23.6. The van der Waals surface area contributed by atoms with Gasteiger partial charge in [0.1, 0.15) is 6.54 Å². The molecular weight excluding hydrogens is 440 g/mol. The van der Waals surface area contributed by atoms with Crippen LogP contribution in [0.1, 0.15) is 34.6 Å². The first-order chi connectivity index (χ1) is 15.1. The van der Waals surface area contributed by atoms with Crippen LogP contribution in [-0.4, -0.2) is 59.9 Å². The Bertz CT molecular complexity index is 1200. The molecule has 32 heavy (non-hydrogen) atoms. The minimum Gasteiger partial charge on any atom is -0.325 e. The molecule has 1 N–H and O–H groups in total. The number of nitrogens with zero attached hydrogens (tertiary/aromatic N) is 3. The average Bonchev–Trinajstić information content (AvgIpc) is 2.99. The molecule has 0 saturated carbocycles. The van der Waals surface area contributed by atoms with Crippen molar-refractivity contribution in [2.75, 3.05) is 25.0 Å². The summed E-state index contributed by atoms with van der Waals surface area (Å²) >= 11 is 0. The third-order valence-electron chi connectivity index (χ3n) is 4.95. The summed E-state index contributed by atoms with van der Waals surface area (Å²) in [5.41, 5.74) is -0.209. The molecule has 1 aliphatic rings. The van der Waals surface area contributed by atoms with Crippen LogP contribution in [0.4, 0.5) is 11.4 Å². The Labute approximate surface area is 183 Å². The van der Waals surface area contributed by atoms with E-state index in [0.29, 0.717) is 18.0 Å². The van der Waals surface area contributed by atoms with Crippen molar-refractivity contribution in [3.8, 4) is 0 Å². The number of rotatable bonds is 8. The van der Waals surface area contributed by atoms with Gasteiger partial charge in [-0.15, -0.1) is 0 Å². The maximum atomic E-state index is 12.5. The molecule has 0 saturated heterocycles. The molecule has 3 amide bonds. The van der Waals surface area contributed by atoms with Crippen LogP contribution < -0.4 is 5.32 Å². The fraction of sp³-hybridized carbons (Fsp3) is 0.250. The molecule has 2 aromatic rings. The van der Waals surface area contributed by atoms with Crippen molar-refractivity contribution in [3.63, 3.8) is 0 Å². The van der Waals surface area contributed by atoms with E-state index in [1.807, 2.05) is 0 Å². The molecule has 12 heteroatoms. The highest BCUT2D eigenvalue weighted by Gasteiger charge is 2.37. The number of imide groups is 1. The number of fused-ring (bicyclic) bond motifs is 1. The lowest BCUT2D eigenvalue weighted by atomic mass is 10.1. The molecular formula is C20H20N4O7S. The van der Waals surface area contributed by atoms with Crippen LogP contribution in [0.25, 0.3) is 0 Å². The van der Waals surface area contributed by atoms with Gasteiger partial charge in [-0.05, 0) is 30.3 Å². The highest BCUT2D eigenvalue weighted by molar-refractivity contribution is 7.89. The Hall–Kier alpha value is -3.64. The molecule has 0 aliphatic carbocycles. The summed E-state index contributed by atoms with van der Waals surface area (Å²) in [6.07, 6.45) is 0. The van der Waals surface area contributed by atoms with Crippen LogP contribution >= 0.6 is 0 Å². The van der Waals surface area contributed by atoms with Gasteiger partial charge in [-0.25, -0.2) is 8.42 Å². The van der Waals surface area contributed by atoms with Crippen molar-refractivity contribution in [2.24, 2.45) is 0 Å². The van der Waals surface area contributed by atoms with Crippen molar-refractivity contribution in [1.82, 2.24) is 9.21 Å². The van der Waals surface area contributed by atoms with Crippen LogP contribution in [-0.2, 0) is 14.8 Å². The van der Waals surface area contributed by atoms with Gasteiger partial charge in [-0.2, -0.15) is 4.31 Å². The standard InChI is InChI=1S/C20H20N4O7S/c1-3-22(4-2)32(30,31)15-8-5-13(6-9-15)21-18(25)12-23-19(26)16-10-7-14(24(28)29)11-17(16)20(23)27/h5-11H,3-4,12H2,1-2H3,(H,21,25). The van der Waals surface area contributed by atoms with Crippen LogP contribution in [0, 0.1) is 10.1 Å². The van der Waals surface area contributed by atoms with E-state index in [-0.39, 0.29) is 27.4 Å². The van der Waals surface area contributed by atoms with Gasteiger partial charge in [0.25, 0.3) is 17.5 Å². The molecule has 1 heterocycles. The monoisotopic (exact) mass is 460 g/mol. The van der Waals surface area contributed by atoms with Crippen LogP contribution in [0.5, 0.6) is 0 Å². The van der Waals surface area contributed by atoms with Crippen molar-refractivity contribution < 1.29 is 27.7 Å². The van der Waals surface area contributed by atoms with Gasteiger partial charge >= 0.3 is 0 Å².